The molecule has 1 atom stereocenters. The van der Waals surface area contributed by atoms with E-state index in [1.54, 1.807) is 0 Å². The number of carbonyl (C=O) groups excluding carboxylic acids is 2. The summed E-state index contributed by atoms with van der Waals surface area (Å²) in [6.07, 6.45) is 49.8. The summed E-state index contributed by atoms with van der Waals surface area (Å²) in [6, 6.07) is 0. The van der Waals surface area contributed by atoms with E-state index in [-0.39, 0.29) is 19.4 Å². The Labute approximate surface area is 331 Å². The highest BCUT2D eigenvalue weighted by molar-refractivity contribution is 7.46. The monoisotopic (exact) mass is 781 g/mol. The molecule has 0 aliphatic heterocycles. The zero-order valence-corrected chi connectivity index (χ0v) is 35.5. The zero-order valence-electron chi connectivity index (χ0n) is 34.6. The number of phosphoric acid groups is 1. The molecule has 0 aliphatic carbocycles. The van der Waals surface area contributed by atoms with Crippen LogP contribution in [-0.4, -0.2) is 41.0 Å². The first-order chi connectivity index (χ1) is 26.3. The second kappa shape index (κ2) is 40.7. The number of carbonyl (C=O) groups is 2. The summed E-state index contributed by atoms with van der Waals surface area (Å²) in [5.41, 5.74) is 0. The van der Waals surface area contributed by atoms with Crippen LogP contribution < -0.4 is 0 Å². The molecule has 9 heteroatoms. The molecule has 0 spiro atoms. The maximum atomic E-state index is 12.4. The Balaban J connectivity index is 3.96. The molecule has 314 valence electrons. The smallest absolute Gasteiger partial charge is 0.462 e. The SMILES string of the molecule is CCCCC/C=C/C/C=C/CCCCCCCCCCCC(=O)OC[C@H](COP(=O)(O)O)OC(=O)CCC/C=C/C/C=C/CCCCCCCCCCC. The number of esters is 2. The highest BCUT2D eigenvalue weighted by Gasteiger charge is 2.22. The van der Waals surface area contributed by atoms with Gasteiger partial charge in [0.05, 0.1) is 6.61 Å². The van der Waals surface area contributed by atoms with Crippen LogP contribution in [0.15, 0.2) is 48.6 Å². The van der Waals surface area contributed by atoms with Gasteiger partial charge >= 0.3 is 19.8 Å². The molecule has 0 aromatic heterocycles. The molecule has 0 rings (SSSR count). The van der Waals surface area contributed by atoms with Gasteiger partial charge in [0, 0.05) is 12.8 Å². The van der Waals surface area contributed by atoms with E-state index >= 15 is 0 Å². The maximum Gasteiger partial charge on any atom is 0.469 e. The number of rotatable bonds is 40. The van der Waals surface area contributed by atoms with E-state index in [0.29, 0.717) is 12.8 Å². The van der Waals surface area contributed by atoms with Gasteiger partial charge in [-0.25, -0.2) is 4.57 Å². The van der Waals surface area contributed by atoms with Gasteiger partial charge < -0.3 is 19.3 Å². The van der Waals surface area contributed by atoms with Gasteiger partial charge in [-0.15, -0.1) is 0 Å². The Bertz CT molecular complexity index is 1020. The molecule has 0 aromatic carbocycles. The summed E-state index contributed by atoms with van der Waals surface area (Å²) in [5, 5.41) is 0. The van der Waals surface area contributed by atoms with Crippen molar-refractivity contribution >= 4 is 19.8 Å². The first-order valence-electron chi connectivity index (χ1n) is 21.9. The van der Waals surface area contributed by atoms with Gasteiger partial charge in [-0.2, -0.15) is 0 Å². The highest BCUT2D eigenvalue weighted by atomic mass is 31.2. The minimum Gasteiger partial charge on any atom is -0.462 e. The Morgan fingerprint density at radius 1 is 0.481 bits per heavy atom. The van der Waals surface area contributed by atoms with E-state index in [1.807, 2.05) is 6.08 Å². The van der Waals surface area contributed by atoms with E-state index in [4.69, 9.17) is 19.3 Å². The third-order valence-corrected chi connectivity index (χ3v) is 9.81. The van der Waals surface area contributed by atoms with E-state index in [0.717, 1.165) is 51.4 Å². The summed E-state index contributed by atoms with van der Waals surface area (Å²) < 4.78 is 26.4. The average molecular weight is 781 g/mol. The molecule has 2 N–H and O–H groups in total. The second-order valence-electron chi connectivity index (χ2n) is 14.7. The van der Waals surface area contributed by atoms with Crippen molar-refractivity contribution in [1.29, 1.82) is 0 Å². The van der Waals surface area contributed by atoms with Gasteiger partial charge in [0.15, 0.2) is 6.10 Å². The third kappa shape index (κ3) is 42.7. The van der Waals surface area contributed by atoms with Crippen molar-refractivity contribution in [1.82, 2.24) is 0 Å². The number of ether oxygens (including phenoxy) is 2. The van der Waals surface area contributed by atoms with Crippen LogP contribution in [0.1, 0.15) is 206 Å². The van der Waals surface area contributed by atoms with Crippen molar-refractivity contribution in [2.45, 2.75) is 213 Å². The number of hydrogen-bond donors (Lipinski definition) is 2. The van der Waals surface area contributed by atoms with Crippen LogP contribution in [0.2, 0.25) is 0 Å². The van der Waals surface area contributed by atoms with Crippen LogP contribution in [0.4, 0.5) is 0 Å². The molecule has 0 unspecified atom stereocenters. The first-order valence-corrected chi connectivity index (χ1v) is 23.5. The largest absolute Gasteiger partial charge is 0.469 e. The van der Waals surface area contributed by atoms with Crippen LogP contribution in [0.5, 0.6) is 0 Å². The number of phosphoric ester groups is 1. The van der Waals surface area contributed by atoms with E-state index in [9.17, 15) is 14.2 Å². The summed E-state index contributed by atoms with van der Waals surface area (Å²) in [5.74, 6) is -0.940. The van der Waals surface area contributed by atoms with Gasteiger partial charge in [-0.3, -0.25) is 14.1 Å². The predicted octanol–water partition coefficient (Wildman–Crippen LogP) is 13.5. The van der Waals surface area contributed by atoms with Gasteiger partial charge in [0.25, 0.3) is 0 Å². The van der Waals surface area contributed by atoms with Crippen LogP contribution >= 0.6 is 7.82 Å². The molecule has 54 heavy (non-hydrogen) atoms. The maximum absolute atomic E-state index is 12.4. The lowest BCUT2D eigenvalue weighted by atomic mass is 10.1. The normalized spacial score (nSPS) is 12.9. The highest BCUT2D eigenvalue weighted by Crippen LogP contribution is 2.36. The molecule has 0 heterocycles. The number of hydrogen-bond acceptors (Lipinski definition) is 6. The molecular weight excluding hydrogens is 699 g/mol. The Morgan fingerprint density at radius 3 is 1.31 bits per heavy atom. The van der Waals surface area contributed by atoms with Crippen molar-refractivity contribution < 1.29 is 37.9 Å². The molecule has 0 saturated carbocycles. The van der Waals surface area contributed by atoms with Crippen molar-refractivity contribution in [3.63, 3.8) is 0 Å². The molecule has 0 aromatic rings. The van der Waals surface area contributed by atoms with Crippen molar-refractivity contribution in [2.75, 3.05) is 13.2 Å². The molecule has 0 bridgehead atoms. The summed E-state index contributed by atoms with van der Waals surface area (Å²) in [7, 11) is -4.77. The fourth-order valence-corrected chi connectivity index (χ4v) is 6.39. The molecule has 0 saturated heterocycles. The minimum absolute atomic E-state index is 0.147. The van der Waals surface area contributed by atoms with E-state index < -0.39 is 32.5 Å². The zero-order chi connectivity index (χ0) is 39.6. The number of allylic oxidation sites excluding steroid dienone is 8. The third-order valence-electron chi connectivity index (χ3n) is 9.32. The molecule has 0 aliphatic rings. The lowest BCUT2D eigenvalue weighted by molar-refractivity contribution is -0.161. The Morgan fingerprint density at radius 2 is 0.852 bits per heavy atom. The lowest BCUT2D eigenvalue weighted by Gasteiger charge is -2.18. The molecule has 0 fully saturated rings. The fraction of sp³-hybridized carbons (Fsp3) is 0.778. The summed E-state index contributed by atoms with van der Waals surface area (Å²) >= 11 is 0. The summed E-state index contributed by atoms with van der Waals surface area (Å²) in [6.45, 7) is 3.63. The topological polar surface area (TPSA) is 119 Å². The minimum atomic E-state index is -4.77. The molecule has 0 radical (unpaired) electrons. The van der Waals surface area contributed by atoms with Gasteiger partial charge in [0.1, 0.15) is 6.61 Å². The van der Waals surface area contributed by atoms with Gasteiger partial charge in [-0.05, 0) is 70.6 Å². The van der Waals surface area contributed by atoms with E-state index in [2.05, 4.69) is 60.9 Å². The van der Waals surface area contributed by atoms with Crippen molar-refractivity contribution in [2.24, 2.45) is 0 Å². The van der Waals surface area contributed by atoms with Crippen LogP contribution in [0.25, 0.3) is 0 Å². The quantitative estimate of drug-likeness (QED) is 0.0273. The standard InChI is InChI=1S/C45H81O8P/c1-3-5-7-9-11-13-15-17-19-21-22-24-25-27-29-31-33-35-37-39-44(46)51-41-43(42-52-54(48,49)50)53-45(47)40-38-36-34-32-30-28-26-23-20-18-16-14-12-10-8-6-4-2/h11,13,17,19,26,28,32,34,43H,3-10,12,14-16,18,20-25,27,29-31,33,35-42H2,1-2H3,(H2,48,49,50)/b13-11+,19-17+,28-26+,34-32+/t43-/m1/s1. The van der Waals surface area contributed by atoms with Crippen molar-refractivity contribution in [3.8, 4) is 0 Å². The van der Waals surface area contributed by atoms with Crippen molar-refractivity contribution in [3.05, 3.63) is 48.6 Å². The summed E-state index contributed by atoms with van der Waals surface area (Å²) in [4.78, 5) is 42.9. The predicted molar refractivity (Wildman–Crippen MR) is 225 cm³/mol. The fourth-order valence-electron chi connectivity index (χ4n) is 6.03. The number of unbranched alkanes of at least 4 members (excludes halogenated alkanes) is 22. The first kappa shape index (κ1) is 52.0. The average Bonchev–Trinajstić information content (AvgIpc) is 3.14. The molecular formula is C45H81O8P. The van der Waals surface area contributed by atoms with E-state index in [1.165, 1.54) is 116 Å². The molecule has 8 nitrogen and oxygen atoms in total. The lowest BCUT2D eigenvalue weighted by Crippen LogP contribution is -2.29. The Kier molecular flexibility index (Phi) is 39.2. The van der Waals surface area contributed by atoms with Gasteiger partial charge in [0.2, 0.25) is 0 Å². The van der Waals surface area contributed by atoms with Crippen LogP contribution in [0, 0.1) is 0 Å². The molecule has 0 amide bonds. The Hall–Kier alpha value is -1.99. The second-order valence-corrected chi connectivity index (χ2v) is 15.9. The van der Waals surface area contributed by atoms with Gasteiger partial charge in [-0.1, -0.05) is 172 Å². The van der Waals surface area contributed by atoms with Crippen LogP contribution in [-0.2, 0) is 28.2 Å². The van der Waals surface area contributed by atoms with Crippen LogP contribution in [0.3, 0.4) is 0 Å².